The van der Waals surface area contributed by atoms with Crippen molar-refractivity contribution in [2.45, 2.75) is 45.4 Å². The lowest BCUT2D eigenvalue weighted by molar-refractivity contribution is -0.149. The number of carbonyl (C=O) groups excluding carboxylic acids is 2. The molecule has 6 nitrogen and oxygen atoms in total. The van der Waals surface area contributed by atoms with E-state index in [0.717, 1.165) is 16.9 Å². The summed E-state index contributed by atoms with van der Waals surface area (Å²) in [6, 6.07) is 21.5. The normalized spacial score (nSPS) is 12.8. The number of hydrogen-bond donors (Lipinski definition) is 1. The van der Waals surface area contributed by atoms with Gasteiger partial charge in [0.25, 0.3) is 0 Å². The van der Waals surface area contributed by atoms with Gasteiger partial charge in [-0.25, -0.2) is 0 Å². The minimum absolute atomic E-state index is 0.178. The largest absolute Gasteiger partial charge is 0.468 e. The zero-order chi connectivity index (χ0) is 23.6. The van der Waals surface area contributed by atoms with Gasteiger partial charge in [0.05, 0.1) is 7.11 Å². The molecule has 0 aliphatic rings. The Morgan fingerprint density at radius 3 is 2.18 bits per heavy atom. The van der Waals surface area contributed by atoms with Crippen molar-refractivity contribution >= 4 is 11.9 Å². The molecule has 33 heavy (non-hydrogen) atoms. The fourth-order valence-corrected chi connectivity index (χ4v) is 3.57. The lowest BCUT2D eigenvalue weighted by atomic mass is 10.0. The van der Waals surface area contributed by atoms with Crippen LogP contribution >= 0.6 is 0 Å². The SMILES string of the molecule is COC(=O)[C@H](Cc1ccc(-c2ccccc2)o1)NC(CC(C)C)C(=O)OCc1ccccc1. The summed E-state index contributed by atoms with van der Waals surface area (Å²) >= 11 is 0. The summed E-state index contributed by atoms with van der Waals surface area (Å²) in [7, 11) is 1.33. The molecule has 3 aromatic rings. The molecule has 0 amide bonds. The van der Waals surface area contributed by atoms with Crippen LogP contribution in [0.25, 0.3) is 11.3 Å². The molecule has 1 unspecified atom stereocenters. The molecule has 0 saturated heterocycles. The molecule has 0 bridgehead atoms. The second-order valence-corrected chi connectivity index (χ2v) is 8.35. The molecule has 0 saturated carbocycles. The summed E-state index contributed by atoms with van der Waals surface area (Å²) < 4.78 is 16.5. The maximum atomic E-state index is 12.9. The van der Waals surface area contributed by atoms with Crippen molar-refractivity contribution in [1.29, 1.82) is 0 Å². The van der Waals surface area contributed by atoms with Gasteiger partial charge in [-0.1, -0.05) is 74.5 Å². The summed E-state index contributed by atoms with van der Waals surface area (Å²) in [6.45, 7) is 4.22. The van der Waals surface area contributed by atoms with E-state index in [4.69, 9.17) is 13.9 Å². The van der Waals surface area contributed by atoms with Crippen LogP contribution in [0.5, 0.6) is 0 Å². The van der Waals surface area contributed by atoms with E-state index in [1.165, 1.54) is 7.11 Å². The summed E-state index contributed by atoms with van der Waals surface area (Å²) in [5, 5.41) is 3.16. The Kier molecular flexibility index (Phi) is 8.84. The molecule has 174 valence electrons. The van der Waals surface area contributed by atoms with Gasteiger partial charge in [0.15, 0.2) is 0 Å². The lowest BCUT2D eigenvalue weighted by Crippen LogP contribution is -2.49. The van der Waals surface area contributed by atoms with Crippen LogP contribution in [0.1, 0.15) is 31.6 Å². The van der Waals surface area contributed by atoms with Crippen LogP contribution in [0, 0.1) is 5.92 Å². The van der Waals surface area contributed by atoms with Crippen molar-refractivity contribution in [3.05, 3.63) is 84.1 Å². The molecule has 2 aromatic carbocycles. The third kappa shape index (κ3) is 7.32. The average molecular weight is 450 g/mol. The Hall–Kier alpha value is -3.38. The molecular weight excluding hydrogens is 418 g/mol. The maximum Gasteiger partial charge on any atom is 0.323 e. The summed E-state index contributed by atoms with van der Waals surface area (Å²) in [5.74, 6) is 0.703. The second kappa shape index (κ2) is 12.0. The Bertz CT molecular complexity index is 1010. The van der Waals surface area contributed by atoms with Crippen molar-refractivity contribution in [2.75, 3.05) is 7.11 Å². The molecule has 1 heterocycles. The zero-order valence-corrected chi connectivity index (χ0v) is 19.3. The van der Waals surface area contributed by atoms with Gasteiger partial charge in [-0.3, -0.25) is 14.9 Å². The number of ether oxygens (including phenoxy) is 2. The first kappa shape index (κ1) is 24.3. The van der Waals surface area contributed by atoms with E-state index in [1.54, 1.807) is 0 Å². The van der Waals surface area contributed by atoms with E-state index in [1.807, 2.05) is 86.6 Å². The number of benzene rings is 2. The molecule has 0 spiro atoms. The Morgan fingerprint density at radius 2 is 1.55 bits per heavy atom. The molecule has 3 rings (SSSR count). The molecule has 0 fully saturated rings. The highest BCUT2D eigenvalue weighted by Gasteiger charge is 2.29. The minimum atomic E-state index is -0.752. The van der Waals surface area contributed by atoms with Crippen LogP contribution in [0.3, 0.4) is 0 Å². The van der Waals surface area contributed by atoms with Crippen LogP contribution < -0.4 is 5.32 Å². The molecule has 1 N–H and O–H groups in total. The quantitative estimate of drug-likeness (QED) is 0.425. The third-order valence-corrected chi connectivity index (χ3v) is 5.23. The highest BCUT2D eigenvalue weighted by atomic mass is 16.5. The first-order valence-electron chi connectivity index (χ1n) is 11.1. The highest BCUT2D eigenvalue weighted by molar-refractivity contribution is 5.80. The van der Waals surface area contributed by atoms with Gasteiger partial charge in [-0.05, 0) is 30.0 Å². The summed E-state index contributed by atoms with van der Waals surface area (Å²) in [5.41, 5.74) is 1.86. The zero-order valence-electron chi connectivity index (χ0n) is 19.3. The van der Waals surface area contributed by atoms with Gasteiger partial charge in [-0.2, -0.15) is 0 Å². The second-order valence-electron chi connectivity index (χ2n) is 8.35. The van der Waals surface area contributed by atoms with Crippen LogP contribution in [-0.2, 0) is 32.1 Å². The number of carbonyl (C=O) groups is 2. The standard InChI is InChI=1S/C27H31NO5/c1-19(2)16-23(27(30)32-18-20-10-6-4-7-11-20)28-24(26(29)31-3)17-22-14-15-25(33-22)21-12-8-5-9-13-21/h4-15,19,23-24,28H,16-18H2,1-3H3/t23?,24-/m0/s1. The number of furan rings is 1. The predicted molar refractivity (Wildman–Crippen MR) is 126 cm³/mol. The van der Waals surface area contributed by atoms with E-state index in [2.05, 4.69) is 5.32 Å². The first-order valence-corrected chi connectivity index (χ1v) is 11.1. The minimum Gasteiger partial charge on any atom is -0.468 e. The molecule has 1 aromatic heterocycles. The molecular formula is C27H31NO5. The van der Waals surface area contributed by atoms with Gasteiger partial charge < -0.3 is 13.9 Å². The highest BCUT2D eigenvalue weighted by Crippen LogP contribution is 2.23. The van der Waals surface area contributed by atoms with Crippen molar-refractivity contribution in [1.82, 2.24) is 5.32 Å². The molecule has 2 atom stereocenters. The molecule has 0 radical (unpaired) electrons. The van der Waals surface area contributed by atoms with E-state index >= 15 is 0 Å². The van der Waals surface area contributed by atoms with Gasteiger partial charge in [0, 0.05) is 12.0 Å². The Labute approximate surface area is 194 Å². The van der Waals surface area contributed by atoms with Crippen molar-refractivity contribution < 1.29 is 23.5 Å². The number of nitrogens with one attached hydrogen (secondary N) is 1. The van der Waals surface area contributed by atoms with Crippen LogP contribution in [0.15, 0.2) is 77.2 Å². The summed E-state index contributed by atoms with van der Waals surface area (Å²) in [6.07, 6.45) is 0.772. The van der Waals surface area contributed by atoms with Crippen molar-refractivity contribution in [2.24, 2.45) is 5.92 Å². The average Bonchev–Trinajstić information content (AvgIpc) is 3.30. The van der Waals surface area contributed by atoms with Crippen LogP contribution in [-0.4, -0.2) is 31.1 Å². The lowest BCUT2D eigenvalue weighted by Gasteiger charge is -2.24. The Balaban J connectivity index is 1.70. The first-order chi connectivity index (χ1) is 16.0. The van der Waals surface area contributed by atoms with Gasteiger partial charge in [0.1, 0.15) is 30.2 Å². The van der Waals surface area contributed by atoms with Gasteiger partial charge >= 0.3 is 11.9 Å². The molecule has 0 aliphatic heterocycles. The topological polar surface area (TPSA) is 77.8 Å². The van der Waals surface area contributed by atoms with E-state index in [9.17, 15) is 9.59 Å². The third-order valence-electron chi connectivity index (χ3n) is 5.23. The number of methoxy groups -OCH3 is 1. The monoisotopic (exact) mass is 449 g/mol. The van der Waals surface area contributed by atoms with Gasteiger partial charge in [-0.15, -0.1) is 0 Å². The molecule has 0 aliphatic carbocycles. The molecule has 6 heteroatoms. The van der Waals surface area contributed by atoms with E-state index in [0.29, 0.717) is 12.2 Å². The van der Waals surface area contributed by atoms with Crippen molar-refractivity contribution in [3.8, 4) is 11.3 Å². The number of esters is 2. The van der Waals surface area contributed by atoms with Crippen LogP contribution in [0.4, 0.5) is 0 Å². The van der Waals surface area contributed by atoms with Crippen molar-refractivity contribution in [3.63, 3.8) is 0 Å². The predicted octanol–water partition coefficient (Wildman–Crippen LogP) is 4.78. The van der Waals surface area contributed by atoms with E-state index < -0.39 is 24.0 Å². The number of hydrogen-bond acceptors (Lipinski definition) is 6. The van der Waals surface area contributed by atoms with E-state index in [-0.39, 0.29) is 18.9 Å². The van der Waals surface area contributed by atoms with Crippen LogP contribution in [0.2, 0.25) is 0 Å². The maximum absolute atomic E-state index is 12.9. The Morgan fingerprint density at radius 1 is 0.879 bits per heavy atom. The van der Waals surface area contributed by atoms with Gasteiger partial charge in [0.2, 0.25) is 0 Å². The fraction of sp³-hybridized carbons (Fsp3) is 0.333. The smallest absolute Gasteiger partial charge is 0.323 e. The summed E-state index contributed by atoms with van der Waals surface area (Å²) in [4.78, 5) is 25.4. The number of rotatable bonds is 11. The fourth-order valence-electron chi connectivity index (χ4n) is 3.57.